The first kappa shape index (κ1) is 15.3. The molecule has 0 amide bonds. The van der Waals surface area contributed by atoms with Crippen LogP contribution in [0, 0.1) is 6.92 Å². The Morgan fingerprint density at radius 3 is 2.61 bits per heavy atom. The highest BCUT2D eigenvalue weighted by Crippen LogP contribution is 2.16. The second-order valence-electron chi connectivity index (χ2n) is 4.81. The summed E-state index contributed by atoms with van der Waals surface area (Å²) in [6, 6.07) is 12.0. The maximum Gasteiger partial charge on any atom is 0.266 e. The number of nitrogens with zero attached hydrogens (tertiary/aromatic N) is 3. The van der Waals surface area contributed by atoms with E-state index in [4.69, 9.17) is 4.42 Å². The molecule has 0 aliphatic heterocycles. The number of rotatable bonds is 5. The lowest BCUT2D eigenvalue weighted by atomic mass is 10.2. The molecule has 2 heterocycles. The van der Waals surface area contributed by atoms with E-state index >= 15 is 0 Å². The summed E-state index contributed by atoms with van der Waals surface area (Å²) in [5.74, 6) is 0.415. The molecule has 0 radical (unpaired) electrons. The van der Waals surface area contributed by atoms with Gasteiger partial charge in [-0.25, -0.2) is 13.1 Å². The van der Waals surface area contributed by atoms with Gasteiger partial charge in [-0.05, 0) is 30.7 Å². The highest BCUT2D eigenvalue weighted by atomic mass is 32.2. The maximum atomic E-state index is 12.3. The van der Waals surface area contributed by atoms with Crippen molar-refractivity contribution >= 4 is 10.0 Å². The molecular formula is C15H14N4O3S. The van der Waals surface area contributed by atoms with E-state index in [9.17, 15) is 8.42 Å². The average Bonchev–Trinajstić information content (AvgIpc) is 3.03. The van der Waals surface area contributed by atoms with E-state index in [-0.39, 0.29) is 23.2 Å². The van der Waals surface area contributed by atoms with Gasteiger partial charge in [0.25, 0.3) is 5.89 Å². The van der Waals surface area contributed by atoms with Crippen molar-refractivity contribution in [3.05, 3.63) is 60.1 Å². The van der Waals surface area contributed by atoms with Gasteiger partial charge in [0.2, 0.25) is 15.9 Å². The van der Waals surface area contributed by atoms with Gasteiger partial charge in [0, 0.05) is 6.20 Å². The second kappa shape index (κ2) is 6.27. The van der Waals surface area contributed by atoms with E-state index in [0.717, 1.165) is 0 Å². The predicted molar refractivity (Wildman–Crippen MR) is 82.7 cm³/mol. The molecule has 0 spiro atoms. The number of hydrogen-bond donors (Lipinski definition) is 1. The van der Waals surface area contributed by atoms with E-state index in [1.807, 2.05) is 0 Å². The summed E-state index contributed by atoms with van der Waals surface area (Å²) >= 11 is 0. The van der Waals surface area contributed by atoms with E-state index in [0.29, 0.717) is 11.3 Å². The smallest absolute Gasteiger partial charge is 0.266 e. The third-order valence-electron chi connectivity index (χ3n) is 3.15. The van der Waals surface area contributed by atoms with Gasteiger partial charge in [-0.2, -0.15) is 0 Å². The molecule has 0 aliphatic rings. The molecule has 0 unspecified atom stereocenters. The normalized spacial score (nSPS) is 11.5. The monoisotopic (exact) mass is 330 g/mol. The van der Waals surface area contributed by atoms with Crippen LogP contribution in [0.25, 0.3) is 11.6 Å². The molecular weight excluding hydrogens is 316 g/mol. The Morgan fingerprint density at radius 1 is 1.09 bits per heavy atom. The number of hydrogen-bond acceptors (Lipinski definition) is 6. The van der Waals surface area contributed by atoms with Crippen LogP contribution >= 0.6 is 0 Å². The average molecular weight is 330 g/mol. The van der Waals surface area contributed by atoms with Crippen LogP contribution in [-0.2, 0) is 16.6 Å². The van der Waals surface area contributed by atoms with Crippen molar-refractivity contribution in [1.82, 2.24) is 19.9 Å². The van der Waals surface area contributed by atoms with Crippen LogP contribution in [0.2, 0.25) is 0 Å². The zero-order chi connectivity index (χ0) is 16.3. The molecule has 8 heteroatoms. The van der Waals surface area contributed by atoms with E-state index in [2.05, 4.69) is 19.9 Å². The van der Waals surface area contributed by atoms with Crippen LogP contribution in [0.3, 0.4) is 0 Å². The predicted octanol–water partition coefficient (Wildman–Crippen LogP) is 1.92. The Labute approximate surface area is 133 Å². The van der Waals surface area contributed by atoms with Crippen LogP contribution in [0.5, 0.6) is 0 Å². The number of aryl methyl sites for hydroxylation is 1. The molecule has 0 saturated heterocycles. The highest BCUT2D eigenvalue weighted by molar-refractivity contribution is 7.89. The lowest BCUT2D eigenvalue weighted by Crippen LogP contribution is -2.24. The third kappa shape index (κ3) is 3.43. The summed E-state index contributed by atoms with van der Waals surface area (Å²) in [7, 11) is -3.64. The topological polar surface area (TPSA) is 98.0 Å². The first-order valence-electron chi connectivity index (χ1n) is 6.85. The van der Waals surface area contributed by atoms with Crippen molar-refractivity contribution in [2.45, 2.75) is 18.4 Å². The Balaban J connectivity index is 1.74. The van der Waals surface area contributed by atoms with Gasteiger partial charge in [-0.15, -0.1) is 10.2 Å². The molecule has 0 bridgehead atoms. The molecule has 118 valence electrons. The van der Waals surface area contributed by atoms with Crippen LogP contribution in [0.1, 0.15) is 11.5 Å². The second-order valence-corrected chi connectivity index (χ2v) is 6.54. The summed E-state index contributed by atoms with van der Waals surface area (Å²) in [6.45, 7) is 1.65. The van der Waals surface area contributed by atoms with Gasteiger partial charge in [0.05, 0.1) is 11.4 Å². The SMILES string of the molecule is Cc1ccccc1S(=O)(=O)NCc1nnc(-c2ccccn2)o1. The highest BCUT2D eigenvalue weighted by Gasteiger charge is 2.18. The van der Waals surface area contributed by atoms with Gasteiger partial charge in [-0.1, -0.05) is 24.3 Å². The van der Waals surface area contributed by atoms with Gasteiger partial charge < -0.3 is 4.42 Å². The molecule has 0 aliphatic carbocycles. The standard InChI is InChI=1S/C15H14N4O3S/c1-11-6-2-3-8-13(11)23(20,21)17-10-14-18-19-15(22-14)12-7-4-5-9-16-12/h2-9,17H,10H2,1H3. The van der Waals surface area contributed by atoms with Crippen molar-refractivity contribution in [2.24, 2.45) is 0 Å². The van der Waals surface area contributed by atoms with Gasteiger partial charge in [-0.3, -0.25) is 4.98 Å². The van der Waals surface area contributed by atoms with Crippen molar-refractivity contribution in [3.63, 3.8) is 0 Å². The zero-order valence-electron chi connectivity index (χ0n) is 12.3. The lowest BCUT2D eigenvalue weighted by molar-refractivity contribution is 0.493. The van der Waals surface area contributed by atoms with E-state index in [1.54, 1.807) is 55.6 Å². The van der Waals surface area contributed by atoms with Crippen LogP contribution in [0.15, 0.2) is 58.0 Å². The number of sulfonamides is 1. The van der Waals surface area contributed by atoms with Crippen LogP contribution in [0.4, 0.5) is 0 Å². The zero-order valence-corrected chi connectivity index (χ0v) is 13.1. The first-order valence-corrected chi connectivity index (χ1v) is 8.34. The fourth-order valence-corrected chi connectivity index (χ4v) is 3.23. The molecule has 0 saturated carbocycles. The molecule has 0 fully saturated rings. The number of pyridine rings is 1. The molecule has 1 aromatic carbocycles. The number of benzene rings is 1. The summed E-state index contributed by atoms with van der Waals surface area (Å²) in [5.41, 5.74) is 1.20. The Bertz CT molecular complexity index is 907. The molecule has 3 aromatic rings. The van der Waals surface area contributed by atoms with Gasteiger partial charge in [0.1, 0.15) is 5.69 Å². The largest absolute Gasteiger partial charge is 0.418 e. The minimum Gasteiger partial charge on any atom is -0.418 e. The van der Waals surface area contributed by atoms with Gasteiger partial charge in [0.15, 0.2) is 0 Å². The summed E-state index contributed by atoms with van der Waals surface area (Å²) < 4.78 is 32.5. The molecule has 2 aromatic heterocycles. The maximum absolute atomic E-state index is 12.3. The lowest BCUT2D eigenvalue weighted by Gasteiger charge is -2.07. The van der Waals surface area contributed by atoms with Crippen LogP contribution < -0.4 is 4.72 Å². The molecule has 7 nitrogen and oxygen atoms in total. The Kier molecular flexibility index (Phi) is 4.18. The van der Waals surface area contributed by atoms with Gasteiger partial charge >= 0.3 is 0 Å². The minimum atomic E-state index is -3.64. The number of aromatic nitrogens is 3. The van der Waals surface area contributed by atoms with Crippen molar-refractivity contribution < 1.29 is 12.8 Å². The van der Waals surface area contributed by atoms with Crippen molar-refractivity contribution in [2.75, 3.05) is 0 Å². The quantitative estimate of drug-likeness (QED) is 0.767. The van der Waals surface area contributed by atoms with Crippen molar-refractivity contribution in [1.29, 1.82) is 0 Å². The fraction of sp³-hybridized carbons (Fsp3) is 0.133. The summed E-state index contributed by atoms with van der Waals surface area (Å²) in [5, 5.41) is 7.69. The molecule has 0 atom stereocenters. The summed E-state index contributed by atoms with van der Waals surface area (Å²) in [6.07, 6.45) is 1.61. The third-order valence-corrected chi connectivity index (χ3v) is 4.71. The van der Waals surface area contributed by atoms with Crippen molar-refractivity contribution in [3.8, 4) is 11.6 Å². The number of nitrogens with one attached hydrogen (secondary N) is 1. The minimum absolute atomic E-state index is 0.0868. The fourth-order valence-electron chi connectivity index (χ4n) is 2.01. The van der Waals surface area contributed by atoms with E-state index < -0.39 is 10.0 Å². The Morgan fingerprint density at radius 2 is 1.87 bits per heavy atom. The molecule has 23 heavy (non-hydrogen) atoms. The molecule has 3 rings (SSSR count). The summed E-state index contributed by atoms with van der Waals surface area (Å²) in [4.78, 5) is 4.32. The first-order chi connectivity index (χ1) is 11.1. The van der Waals surface area contributed by atoms with E-state index in [1.165, 1.54) is 0 Å². The van der Waals surface area contributed by atoms with Crippen LogP contribution in [-0.4, -0.2) is 23.6 Å². The Hall–Kier alpha value is -2.58. The molecule has 1 N–H and O–H groups in total.